The zero-order chi connectivity index (χ0) is 12.8. The van der Waals surface area contributed by atoms with Crippen molar-refractivity contribution in [3.63, 3.8) is 0 Å². The third-order valence-electron chi connectivity index (χ3n) is 3.04. The first kappa shape index (κ1) is 14.0. The van der Waals surface area contributed by atoms with Crippen molar-refractivity contribution in [2.75, 3.05) is 6.54 Å². The maximum absolute atomic E-state index is 5.79. The van der Waals surface area contributed by atoms with Crippen molar-refractivity contribution in [2.24, 2.45) is 17.6 Å². The summed E-state index contributed by atoms with van der Waals surface area (Å²) in [7, 11) is 0. The van der Waals surface area contributed by atoms with Crippen molar-refractivity contribution in [1.29, 1.82) is 0 Å². The predicted octanol–water partition coefficient (Wildman–Crippen LogP) is 3.25. The third kappa shape index (κ3) is 4.78. The van der Waals surface area contributed by atoms with Crippen molar-refractivity contribution >= 4 is 0 Å². The largest absolute Gasteiger partial charge is 0.491 e. The van der Waals surface area contributed by atoms with Crippen LogP contribution in [0.15, 0.2) is 24.3 Å². The molecule has 1 unspecified atom stereocenters. The molecule has 1 aromatic carbocycles. The molecule has 0 fully saturated rings. The Morgan fingerprint density at radius 1 is 1.06 bits per heavy atom. The van der Waals surface area contributed by atoms with E-state index in [2.05, 4.69) is 26.0 Å². The van der Waals surface area contributed by atoms with E-state index in [9.17, 15) is 0 Å². The van der Waals surface area contributed by atoms with E-state index in [-0.39, 0.29) is 6.10 Å². The van der Waals surface area contributed by atoms with Crippen molar-refractivity contribution in [2.45, 2.75) is 40.2 Å². The van der Waals surface area contributed by atoms with Crippen LogP contribution in [-0.2, 0) is 6.42 Å². The van der Waals surface area contributed by atoms with E-state index in [0.717, 1.165) is 18.7 Å². The molecule has 0 aliphatic carbocycles. The number of benzene rings is 1. The van der Waals surface area contributed by atoms with Gasteiger partial charge >= 0.3 is 0 Å². The molecular weight excluding hydrogens is 210 g/mol. The Morgan fingerprint density at radius 2 is 1.65 bits per heavy atom. The van der Waals surface area contributed by atoms with Gasteiger partial charge in [-0.15, -0.1) is 0 Å². The highest BCUT2D eigenvalue weighted by atomic mass is 16.5. The summed E-state index contributed by atoms with van der Waals surface area (Å²) >= 11 is 0. The fourth-order valence-electron chi connectivity index (χ4n) is 1.87. The monoisotopic (exact) mass is 235 g/mol. The molecule has 0 bridgehead atoms. The molecule has 0 saturated carbocycles. The first-order valence-corrected chi connectivity index (χ1v) is 6.48. The molecule has 1 aromatic rings. The van der Waals surface area contributed by atoms with Crippen LogP contribution >= 0.6 is 0 Å². The molecule has 17 heavy (non-hydrogen) atoms. The summed E-state index contributed by atoms with van der Waals surface area (Å²) < 4.78 is 5.62. The molecule has 1 atom stereocenters. The Hall–Kier alpha value is -1.02. The zero-order valence-corrected chi connectivity index (χ0v) is 11.4. The molecule has 2 nitrogen and oxygen atoms in total. The second kappa shape index (κ2) is 6.65. The minimum atomic E-state index is 0.230. The lowest BCUT2D eigenvalue weighted by atomic mass is 9.89. The summed E-state index contributed by atoms with van der Waals surface area (Å²) in [5.74, 6) is 2.14. The summed E-state index contributed by atoms with van der Waals surface area (Å²) in [6, 6.07) is 8.37. The van der Waals surface area contributed by atoms with Crippen LogP contribution in [0.1, 0.15) is 33.3 Å². The SMILES string of the molecule is CC(C)Oc1ccc(CC(CN)C(C)C)cc1. The van der Waals surface area contributed by atoms with Crippen LogP contribution in [0.4, 0.5) is 0 Å². The molecule has 0 aromatic heterocycles. The van der Waals surface area contributed by atoms with E-state index in [1.54, 1.807) is 0 Å². The fraction of sp³-hybridized carbons (Fsp3) is 0.600. The van der Waals surface area contributed by atoms with Gasteiger partial charge in [0.2, 0.25) is 0 Å². The number of hydrogen-bond acceptors (Lipinski definition) is 2. The van der Waals surface area contributed by atoms with Crippen molar-refractivity contribution in [3.05, 3.63) is 29.8 Å². The van der Waals surface area contributed by atoms with E-state index in [1.165, 1.54) is 5.56 Å². The average molecular weight is 235 g/mol. The number of rotatable bonds is 6. The first-order valence-electron chi connectivity index (χ1n) is 6.48. The molecule has 96 valence electrons. The Kier molecular flexibility index (Phi) is 5.49. The van der Waals surface area contributed by atoms with E-state index in [0.29, 0.717) is 11.8 Å². The van der Waals surface area contributed by atoms with Gasteiger partial charge in [0.05, 0.1) is 6.10 Å². The number of nitrogens with two attached hydrogens (primary N) is 1. The fourth-order valence-corrected chi connectivity index (χ4v) is 1.87. The van der Waals surface area contributed by atoms with E-state index < -0.39 is 0 Å². The topological polar surface area (TPSA) is 35.2 Å². The van der Waals surface area contributed by atoms with Gasteiger partial charge < -0.3 is 10.5 Å². The third-order valence-corrected chi connectivity index (χ3v) is 3.04. The van der Waals surface area contributed by atoms with Crippen molar-refractivity contribution in [3.8, 4) is 5.75 Å². The van der Waals surface area contributed by atoms with E-state index >= 15 is 0 Å². The molecule has 0 aliphatic heterocycles. The van der Waals surface area contributed by atoms with Gasteiger partial charge in [0.15, 0.2) is 0 Å². The maximum Gasteiger partial charge on any atom is 0.119 e. The Labute approximate surface area is 105 Å². The minimum absolute atomic E-state index is 0.230. The molecule has 2 heteroatoms. The second-order valence-corrected chi connectivity index (χ2v) is 5.25. The lowest BCUT2D eigenvalue weighted by Crippen LogP contribution is -2.22. The first-order chi connectivity index (χ1) is 8.02. The summed E-state index contributed by atoms with van der Waals surface area (Å²) in [4.78, 5) is 0. The predicted molar refractivity (Wildman–Crippen MR) is 73.3 cm³/mol. The van der Waals surface area contributed by atoms with E-state index in [1.807, 2.05) is 26.0 Å². The Bertz CT molecular complexity index is 316. The molecule has 0 heterocycles. The van der Waals surface area contributed by atoms with E-state index in [4.69, 9.17) is 10.5 Å². The standard InChI is InChI=1S/C15H25NO/c1-11(2)14(10-16)9-13-5-7-15(8-6-13)17-12(3)4/h5-8,11-12,14H,9-10,16H2,1-4H3. The van der Waals surface area contributed by atoms with Gasteiger partial charge in [-0.25, -0.2) is 0 Å². The van der Waals surface area contributed by atoms with Crippen molar-refractivity contribution < 1.29 is 4.74 Å². The smallest absolute Gasteiger partial charge is 0.119 e. The number of hydrogen-bond donors (Lipinski definition) is 1. The molecule has 1 rings (SSSR count). The van der Waals surface area contributed by atoms with Crippen molar-refractivity contribution in [1.82, 2.24) is 0 Å². The lowest BCUT2D eigenvalue weighted by molar-refractivity contribution is 0.242. The Balaban J connectivity index is 2.61. The van der Waals surface area contributed by atoms with Gasteiger partial charge in [-0.1, -0.05) is 26.0 Å². The van der Waals surface area contributed by atoms with Gasteiger partial charge in [0, 0.05) is 0 Å². The van der Waals surface area contributed by atoms with Gasteiger partial charge in [-0.05, 0) is 56.3 Å². The zero-order valence-electron chi connectivity index (χ0n) is 11.4. The maximum atomic E-state index is 5.79. The minimum Gasteiger partial charge on any atom is -0.491 e. The van der Waals surface area contributed by atoms with Crippen LogP contribution in [0, 0.1) is 11.8 Å². The van der Waals surface area contributed by atoms with Crippen LogP contribution in [0.25, 0.3) is 0 Å². The molecule has 0 amide bonds. The van der Waals surface area contributed by atoms with Gasteiger partial charge in [-0.2, -0.15) is 0 Å². The molecule has 0 spiro atoms. The van der Waals surface area contributed by atoms with Crippen LogP contribution < -0.4 is 10.5 Å². The van der Waals surface area contributed by atoms with Crippen LogP contribution in [-0.4, -0.2) is 12.6 Å². The highest BCUT2D eigenvalue weighted by molar-refractivity contribution is 5.27. The molecule has 0 saturated heterocycles. The quantitative estimate of drug-likeness (QED) is 0.821. The molecule has 0 aliphatic rings. The van der Waals surface area contributed by atoms with Crippen LogP contribution in [0.3, 0.4) is 0 Å². The van der Waals surface area contributed by atoms with Gasteiger partial charge in [0.25, 0.3) is 0 Å². The summed E-state index contributed by atoms with van der Waals surface area (Å²) in [6.45, 7) is 9.29. The summed E-state index contributed by atoms with van der Waals surface area (Å²) in [5.41, 5.74) is 7.13. The molecular formula is C15H25NO. The summed E-state index contributed by atoms with van der Waals surface area (Å²) in [5, 5.41) is 0. The number of ether oxygens (including phenoxy) is 1. The second-order valence-electron chi connectivity index (χ2n) is 5.25. The average Bonchev–Trinajstić information content (AvgIpc) is 2.26. The van der Waals surface area contributed by atoms with Crippen LogP contribution in [0.2, 0.25) is 0 Å². The van der Waals surface area contributed by atoms with Crippen LogP contribution in [0.5, 0.6) is 5.75 Å². The highest BCUT2D eigenvalue weighted by Crippen LogP contribution is 2.19. The Morgan fingerprint density at radius 3 is 2.06 bits per heavy atom. The lowest BCUT2D eigenvalue weighted by Gasteiger charge is -2.19. The highest BCUT2D eigenvalue weighted by Gasteiger charge is 2.12. The van der Waals surface area contributed by atoms with Gasteiger partial charge in [-0.3, -0.25) is 0 Å². The molecule has 2 N–H and O–H groups in total. The van der Waals surface area contributed by atoms with Gasteiger partial charge in [0.1, 0.15) is 5.75 Å². The normalized spacial score (nSPS) is 13.1. The molecule has 0 radical (unpaired) electrons. The summed E-state index contributed by atoms with van der Waals surface area (Å²) in [6.07, 6.45) is 1.28.